The van der Waals surface area contributed by atoms with Crippen molar-refractivity contribution < 1.29 is 36.2 Å². The minimum absolute atomic E-state index is 0.0179. The normalized spacial score (nSPS) is 17.9. The highest BCUT2D eigenvalue weighted by Gasteiger charge is 2.34. The summed E-state index contributed by atoms with van der Waals surface area (Å²) in [4.78, 5) is 15.1. The van der Waals surface area contributed by atoms with Gasteiger partial charge in [0, 0.05) is 17.7 Å². The van der Waals surface area contributed by atoms with E-state index < -0.39 is 33.5 Å². The number of sulfone groups is 1. The summed E-state index contributed by atoms with van der Waals surface area (Å²) in [5.41, 5.74) is 0.896. The van der Waals surface area contributed by atoms with E-state index in [0.717, 1.165) is 17.8 Å². The molecule has 0 aliphatic carbocycles. The zero-order chi connectivity index (χ0) is 30.5. The summed E-state index contributed by atoms with van der Waals surface area (Å²) in [5, 5.41) is 22.1. The van der Waals surface area contributed by atoms with E-state index in [-0.39, 0.29) is 35.8 Å². The Balaban J connectivity index is 1.41. The van der Waals surface area contributed by atoms with Gasteiger partial charge in [-0.2, -0.15) is 18.4 Å². The first-order valence-corrected chi connectivity index (χ1v) is 14.9. The molecule has 0 spiro atoms. The second kappa shape index (κ2) is 12.8. The van der Waals surface area contributed by atoms with Crippen molar-refractivity contribution in [1.82, 2.24) is 5.32 Å². The Bertz CT molecular complexity index is 1520. The third-order valence-electron chi connectivity index (χ3n) is 7.15. The van der Waals surface area contributed by atoms with Gasteiger partial charge in [0.2, 0.25) is 0 Å². The number of aliphatic hydroxyl groups is 1. The molecule has 1 aliphatic heterocycles. The average molecular weight is 602 g/mol. The number of alkyl halides is 3. The Kier molecular flexibility index (Phi) is 9.43. The van der Waals surface area contributed by atoms with Crippen molar-refractivity contribution in [3.05, 3.63) is 89.5 Å². The van der Waals surface area contributed by atoms with Gasteiger partial charge in [-0.15, -0.1) is 0 Å². The van der Waals surface area contributed by atoms with Crippen LogP contribution in [-0.2, 0) is 16.0 Å². The summed E-state index contributed by atoms with van der Waals surface area (Å²) >= 11 is 0. The molecule has 1 aliphatic rings. The molecule has 1 heterocycles. The summed E-state index contributed by atoms with van der Waals surface area (Å²) in [6.45, 7) is 1.77. The molecule has 12 heteroatoms. The minimum atomic E-state index is -4.43. The molecule has 1 amide bonds. The molecule has 0 radical (unpaired) electrons. The van der Waals surface area contributed by atoms with Gasteiger partial charge in [-0.25, -0.2) is 8.42 Å². The summed E-state index contributed by atoms with van der Waals surface area (Å²) in [5.74, 6) is -0.160. The van der Waals surface area contributed by atoms with Crippen LogP contribution in [0.3, 0.4) is 0 Å². The number of nitrogens with zero attached hydrogens (tertiary/aromatic N) is 2. The Hall–Kier alpha value is -4.08. The van der Waals surface area contributed by atoms with Crippen molar-refractivity contribution in [2.24, 2.45) is 0 Å². The molecule has 2 N–H and O–H groups in total. The molecular formula is C30H30F3N3O5S. The molecule has 1 unspecified atom stereocenters. The van der Waals surface area contributed by atoms with Gasteiger partial charge in [0.15, 0.2) is 9.84 Å². The first-order chi connectivity index (χ1) is 19.9. The van der Waals surface area contributed by atoms with Crippen LogP contribution in [0.25, 0.3) is 0 Å². The molecule has 3 aromatic rings. The number of carbonyl (C=O) groups excluding carboxylic acids is 1. The average Bonchev–Trinajstić information content (AvgIpc) is 3.39. The highest BCUT2D eigenvalue weighted by Crippen LogP contribution is 2.32. The molecule has 42 heavy (non-hydrogen) atoms. The van der Waals surface area contributed by atoms with Crippen LogP contribution in [0.5, 0.6) is 5.75 Å². The molecule has 222 valence electrons. The highest BCUT2D eigenvalue weighted by atomic mass is 32.2. The number of ether oxygens (including phenoxy) is 1. The van der Waals surface area contributed by atoms with E-state index in [1.807, 2.05) is 11.0 Å². The Morgan fingerprint density at radius 3 is 2.29 bits per heavy atom. The quantitative estimate of drug-likeness (QED) is 0.339. The number of anilines is 1. The summed E-state index contributed by atoms with van der Waals surface area (Å²) < 4.78 is 68.6. The molecule has 8 nitrogen and oxygen atoms in total. The monoisotopic (exact) mass is 601 g/mol. The number of aliphatic hydroxyl groups excluding tert-OH is 1. The number of amides is 1. The van der Waals surface area contributed by atoms with Crippen LogP contribution in [0.1, 0.15) is 47.3 Å². The molecule has 4 rings (SSSR count). The fourth-order valence-electron chi connectivity index (χ4n) is 4.83. The van der Waals surface area contributed by atoms with E-state index in [1.54, 1.807) is 43.3 Å². The zero-order valence-corrected chi connectivity index (χ0v) is 23.5. The molecular weight excluding hydrogens is 571 g/mol. The van der Waals surface area contributed by atoms with E-state index >= 15 is 0 Å². The number of nitriles is 1. The maximum absolute atomic E-state index is 13.0. The van der Waals surface area contributed by atoms with Crippen molar-refractivity contribution >= 4 is 21.4 Å². The number of benzene rings is 3. The summed E-state index contributed by atoms with van der Waals surface area (Å²) in [7, 11) is -3.38. The largest absolute Gasteiger partial charge is 0.489 e. The van der Waals surface area contributed by atoms with Crippen LogP contribution in [-0.4, -0.2) is 50.5 Å². The first-order valence-electron chi connectivity index (χ1n) is 13.3. The van der Waals surface area contributed by atoms with E-state index in [9.17, 15) is 36.8 Å². The van der Waals surface area contributed by atoms with Crippen molar-refractivity contribution in [2.45, 2.75) is 49.0 Å². The summed E-state index contributed by atoms with van der Waals surface area (Å²) in [6.07, 6.45) is -4.37. The van der Waals surface area contributed by atoms with Crippen LogP contribution in [0.15, 0.2) is 77.7 Å². The molecule has 3 atom stereocenters. The smallest absolute Gasteiger partial charge is 0.416 e. The van der Waals surface area contributed by atoms with Crippen LogP contribution in [0.4, 0.5) is 18.9 Å². The van der Waals surface area contributed by atoms with Gasteiger partial charge in [0.1, 0.15) is 11.9 Å². The molecule has 1 saturated heterocycles. The number of halogens is 3. The lowest BCUT2D eigenvalue weighted by atomic mass is 10.0. The van der Waals surface area contributed by atoms with Gasteiger partial charge in [0.25, 0.3) is 5.91 Å². The lowest BCUT2D eigenvalue weighted by molar-refractivity contribution is -0.137. The van der Waals surface area contributed by atoms with E-state index in [4.69, 9.17) is 4.74 Å². The topological polar surface area (TPSA) is 120 Å². The maximum Gasteiger partial charge on any atom is 0.416 e. The second-order valence-electron chi connectivity index (χ2n) is 9.89. The molecule has 0 bridgehead atoms. The lowest BCUT2D eigenvalue weighted by Gasteiger charge is -2.25. The van der Waals surface area contributed by atoms with Gasteiger partial charge in [-0.3, -0.25) is 4.79 Å². The number of rotatable bonds is 10. The highest BCUT2D eigenvalue weighted by molar-refractivity contribution is 7.91. The fraction of sp³-hybridized carbons (Fsp3) is 0.333. The minimum Gasteiger partial charge on any atom is -0.489 e. The predicted molar refractivity (Wildman–Crippen MR) is 150 cm³/mol. The number of hydrogen-bond acceptors (Lipinski definition) is 7. The van der Waals surface area contributed by atoms with Gasteiger partial charge >= 0.3 is 6.18 Å². The van der Waals surface area contributed by atoms with Crippen molar-refractivity contribution in [3.63, 3.8) is 0 Å². The van der Waals surface area contributed by atoms with Gasteiger partial charge in [-0.05, 0) is 66.2 Å². The Morgan fingerprint density at radius 1 is 1.10 bits per heavy atom. The molecule has 0 saturated carbocycles. The van der Waals surface area contributed by atoms with Crippen LogP contribution < -0.4 is 15.0 Å². The molecule has 1 fully saturated rings. The Morgan fingerprint density at radius 2 is 1.74 bits per heavy atom. The van der Waals surface area contributed by atoms with E-state index in [2.05, 4.69) is 5.32 Å². The maximum atomic E-state index is 13.0. The van der Waals surface area contributed by atoms with E-state index in [1.165, 1.54) is 24.3 Å². The molecule has 0 aromatic heterocycles. The second-order valence-corrected chi connectivity index (χ2v) is 12.2. The van der Waals surface area contributed by atoms with Crippen LogP contribution in [0, 0.1) is 11.3 Å². The van der Waals surface area contributed by atoms with Crippen LogP contribution in [0.2, 0.25) is 0 Å². The molecule has 3 aromatic carbocycles. The van der Waals surface area contributed by atoms with Gasteiger partial charge in [-0.1, -0.05) is 19.1 Å². The van der Waals surface area contributed by atoms with Crippen LogP contribution >= 0.6 is 0 Å². The number of carbonyl (C=O) groups is 1. The SMILES string of the molecule is CCS(=O)(=O)c1ccc(C(CC#N)NC(=O)c2ccc(N3C[C@@H](Oc4ccc(C(F)(F)F)cc4)C[C@H]3CO)cc2)cc1. The lowest BCUT2D eigenvalue weighted by Crippen LogP contribution is -2.32. The third-order valence-corrected chi connectivity index (χ3v) is 8.91. The standard InChI is InChI=1S/C30H30F3N3O5S/c1-2-42(39,40)27-13-5-20(6-14-27)28(15-16-34)35-29(38)21-3-9-23(10-4-21)36-18-26(17-24(36)19-37)41-25-11-7-22(8-12-25)30(31,32)33/h3-14,24,26,28,37H,2,15,17-19H2,1H3,(H,35,38)/t24-,26-,28?/m0/s1. The number of nitrogens with one attached hydrogen (secondary N) is 1. The van der Waals surface area contributed by atoms with Gasteiger partial charge in [0.05, 0.1) is 53.9 Å². The number of hydrogen-bond donors (Lipinski definition) is 2. The Labute approximate surface area is 242 Å². The van der Waals surface area contributed by atoms with Crippen molar-refractivity contribution in [1.29, 1.82) is 5.26 Å². The van der Waals surface area contributed by atoms with E-state index in [0.29, 0.717) is 29.8 Å². The van der Waals surface area contributed by atoms with Crippen molar-refractivity contribution in [2.75, 3.05) is 23.8 Å². The van der Waals surface area contributed by atoms with Gasteiger partial charge < -0.3 is 20.1 Å². The summed E-state index contributed by atoms with van der Waals surface area (Å²) in [6, 6.07) is 18.3. The zero-order valence-electron chi connectivity index (χ0n) is 22.7. The third kappa shape index (κ3) is 7.21. The fourth-order valence-corrected chi connectivity index (χ4v) is 5.71. The predicted octanol–water partition coefficient (Wildman–Crippen LogP) is 4.90. The van der Waals surface area contributed by atoms with Crippen molar-refractivity contribution in [3.8, 4) is 11.8 Å². The first kappa shape index (κ1) is 30.9.